The predicted molar refractivity (Wildman–Crippen MR) is 105 cm³/mol. The molecule has 3 aromatic rings. The molecule has 1 aromatic carbocycles. The first-order valence-corrected chi connectivity index (χ1v) is 9.09. The predicted octanol–water partition coefficient (Wildman–Crippen LogP) is 2.47. The SMILES string of the molecule is CN(Cc1ccc2ccccc2n1)C(=O)c1ccc(N2CC[C@H](O)C2)nc1. The third-order valence-corrected chi connectivity index (χ3v) is 4.88. The number of anilines is 1. The molecule has 1 N–H and O–H groups in total. The van der Waals surface area contributed by atoms with Crippen LogP contribution in [-0.2, 0) is 6.54 Å². The third-order valence-electron chi connectivity index (χ3n) is 4.88. The van der Waals surface area contributed by atoms with Gasteiger partial charge in [-0.05, 0) is 30.7 Å². The number of carbonyl (C=O) groups excluding carboxylic acids is 1. The van der Waals surface area contributed by atoms with Gasteiger partial charge in [0, 0.05) is 31.7 Å². The summed E-state index contributed by atoms with van der Waals surface area (Å²) in [6.45, 7) is 1.81. The maximum atomic E-state index is 12.7. The summed E-state index contributed by atoms with van der Waals surface area (Å²) in [7, 11) is 1.77. The highest BCUT2D eigenvalue weighted by atomic mass is 16.3. The van der Waals surface area contributed by atoms with E-state index in [2.05, 4.69) is 9.97 Å². The first kappa shape index (κ1) is 17.4. The minimum atomic E-state index is -0.298. The second kappa shape index (κ2) is 7.32. The van der Waals surface area contributed by atoms with Crippen molar-refractivity contribution in [2.45, 2.75) is 19.1 Å². The van der Waals surface area contributed by atoms with Crippen LogP contribution in [0.1, 0.15) is 22.5 Å². The molecule has 2 aromatic heterocycles. The van der Waals surface area contributed by atoms with Gasteiger partial charge < -0.3 is 14.9 Å². The van der Waals surface area contributed by atoms with Crippen molar-refractivity contribution in [3.8, 4) is 0 Å². The summed E-state index contributed by atoms with van der Waals surface area (Å²) in [4.78, 5) is 25.4. The Kier molecular flexibility index (Phi) is 4.73. The van der Waals surface area contributed by atoms with Gasteiger partial charge in [0.25, 0.3) is 5.91 Å². The Balaban J connectivity index is 1.45. The monoisotopic (exact) mass is 362 g/mol. The van der Waals surface area contributed by atoms with Crippen LogP contribution in [0.3, 0.4) is 0 Å². The fourth-order valence-electron chi connectivity index (χ4n) is 3.38. The van der Waals surface area contributed by atoms with Crippen molar-refractivity contribution in [3.05, 3.63) is 66.0 Å². The van der Waals surface area contributed by atoms with Crippen molar-refractivity contribution in [2.75, 3.05) is 25.0 Å². The summed E-state index contributed by atoms with van der Waals surface area (Å²) in [5, 5.41) is 10.7. The van der Waals surface area contributed by atoms with E-state index in [4.69, 9.17) is 0 Å². The van der Waals surface area contributed by atoms with Gasteiger partial charge in [-0.25, -0.2) is 4.98 Å². The Morgan fingerprint density at radius 2 is 2.07 bits per heavy atom. The van der Waals surface area contributed by atoms with E-state index in [1.807, 2.05) is 47.4 Å². The quantitative estimate of drug-likeness (QED) is 0.772. The molecular formula is C21H22N4O2. The summed E-state index contributed by atoms with van der Waals surface area (Å²) < 4.78 is 0. The van der Waals surface area contributed by atoms with Crippen LogP contribution in [0, 0.1) is 0 Å². The number of amides is 1. The van der Waals surface area contributed by atoms with E-state index < -0.39 is 0 Å². The van der Waals surface area contributed by atoms with E-state index in [9.17, 15) is 9.90 Å². The fourth-order valence-corrected chi connectivity index (χ4v) is 3.38. The van der Waals surface area contributed by atoms with Crippen molar-refractivity contribution >= 4 is 22.6 Å². The summed E-state index contributed by atoms with van der Waals surface area (Å²) in [5.74, 6) is 0.701. The number of aliphatic hydroxyl groups excluding tert-OH is 1. The number of hydrogen-bond acceptors (Lipinski definition) is 5. The number of aliphatic hydroxyl groups is 1. The van der Waals surface area contributed by atoms with E-state index in [0.717, 1.165) is 35.4 Å². The summed E-state index contributed by atoms with van der Waals surface area (Å²) in [6.07, 6.45) is 2.06. The number of pyridine rings is 2. The molecule has 0 aliphatic carbocycles. The molecule has 6 nitrogen and oxygen atoms in total. The maximum Gasteiger partial charge on any atom is 0.255 e. The van der Waals surface area contributed by atoms with E-state index in [0.29, 0.717) is 18.7 Å². The van der Waals surface area contributed by atoms with Gasteiger partial charge in [-0.15, -0.1) is 0 Å². The lowest BCUT2D eigenvalue weighted by Gasteiger charge is -2.19. The normalized spacial score (nSPS) is 16.7. The Morgan fingerprint density at radius 3 is 2.81 bits per heavy atom. The van der Waals surface area contributed by atoms with Gasteiger partial charge in [0.2, 0.25) is 0 Å². The Morgan fingerprint density at radius 1 is 1.22 bits per heavy atom. The fraction of sp³-hybridized carbons (Fsp3) is 0.286. The smallest absolute Gasteiger partial charge is 0.255 e. The van der Waals surface area contributed by atoms with Crippen molar-refractivity contribution in [1.29, 1.82) is 0 Å². The Hall–Kier alpha value is -2.99. The number of fused-ring (bicyclic) bond motifs is 1. The number of carbonyl (C=O) groups is 1. The molecule has 0 unspecified atom stereocenters. The zero-order valence-corrected chi connectivity index (χ0v) is 15.2. The molecule has 0 spiro atoms. The number of rotatable bonds is 4. The van der Waals surface area contributed by atoms with Gasteiger partial charge in [0.15, 0.2) is 0 Å². The molecule has 1 aliphatic heterocycles. The number of para-hydroxylation sites is 1. The zero-order valence-electron chi connectivity index (χ0n) is 15.2. The minimum absolute atomic E-state index is 0.0922. The van der Waals surface area contributed by atoms with Crippen molar-refractivity contribution < 1.29 is 9.90 Å². The molecule has 0 bridgehead atoms. The lowest BCUT2D eigenvalue weighted by Crippen LogP contribution is -2.27. The van der Waals surface area contributed by atoms with Gasteiger partial charge in [-0.3, -0.25) is 9.78 Å². The van der Waals surface area contributed by atoms with E-state index in [1.165, 1.54) is 0 Å². The van der Waals surface area contributed by atoms with Crippen LogP contribution in [0.5, 0.6) is 0 Å². The molecule has 27 heavy (non-hydrogen) atoms. The summed E-state index contributed by atoms with van der Waals surface area (Å²) in [5.41, 5.74) is 2.32. The Bertz CT molecular complexity index is 958. The van der Waals surface area contributed by atoms with Crippen LogP contribution in [0.2, 0.25) is 0 Å². The van der Waals surface area contributed by atoms with Gasteiger partial charge in [-0.1, -0.05) is 24.3 Å². The number of hydrogen-bond donors (Lipinski definition) is 1. The number of β-amino-alcohol motifs (C(OH)–C–C–N with tert-alkyl or cyclic N) is 1. The van der Waals surface area contributed by atoms with Crippen LogP contribution < -0.4 is 4.90 Å². The molecule has 1 atom stereocenters. The molecule has 1 saturated heterocycles. The van der Waals surface area contributed by atoms with E-state index in [1.54, 1.807) is 24.2 Å². The molecule has 4 rings (SSSR count). The topological polar surface area (TPSA) is 69.6 Å². The molecule has 1 fully saturated rings. The lowest BCUT2D eigenvalue weighted by molar-refractivity contribution is 0.0783. The van der Waals surface area contributed by atoms with Crippen molar-refractivity contribution in [1.82, 2.24) is 14.9 Å². The highest BCUT2D eigenvalue weighted by molar-refractivity contribution is 5.94. The van der Waals surface area contributed by atoms with Gasteiger partial charge >= 0.3 is 0 Å². The second-order valence-corrected chi connectivity index (χ2v) is 6.95. The number of benzene rings is 1. The third kappa shape index (κ3) is 3.75. The van der Waals surface area contributed by atoms with Gasteiger partial charge in [0.05, 0.1) is 29.4 Å². The van der Waals surface area contributed by atoms with Crippen molar-refractivity contribution in [2.24, 2.45) is 0 Å². The largest absolute Gasteiger partial charge is 0.391 e. The molecule has 1 aliphatic rings. The average molecular weight is 362 g/mol. The van der Waals surface area contributed by atoms with Crippen LogP contribution >= 0.6 is 0 Å². The number of nitrogens with zero attached hydrogens (tertiary/aromatic N) is 4. The molecule has 0 saturated carbocycles. The van der Waals surface area contributed by atoms with Crippen LogP contribution in [-0.4, -0.2) is 52.1 Å². The van der Waals surface area contributed by atoms with Gasteiger partial charge in [0.1, 0.15) is 5.82 Å². The molecule has 138 valence electrons. The zero-order chi connectivity index (χ0) is 18.8. The first-order chi connectivity index (χ1) is 13.1. The van der Waals surface area contributed by atoms with Gasteiger partial charge in [-0.2, -0.15) is 0 Å². The molecule has 1 amide bonds. The number of aromatic nitrogens is 2. The standard InChI is InChI=1S/C21H22N4O2/c1-24(13-17-8-6-15-4-2-3-5-19(15)23-17)21(27)16-7-9-20(22-12-16)25-11-10-18(26)14-25/h2-9,12,18,26H,10-11,13-14H2,1H3/t18-/m0/s1. The first-order valence-electron chi connectivity index (χ1n) is 9.09. The van der Waals surface area contributed by atoms with E-state index in [-0.39, 0.29) is 12.0 Å². The van der Waals surface area contributed by atoms with E-state index >= 15 is 0 Å². The molecular weight excluding hydrogens is 340 g/mol. The summed E-state index contributed by atoms with van der Waals surface area (Å²) in [6, 6.07) is 15.5. The average Bonchev–Trinajstić information content (AvgIpc) is 3.14. The second-order valence-electron chi connectivity index (χ2n) is 6.95. The maximum absolute atomic E-state index is 12.7. The van der Waals surface area contributed by atoms with Crippen LogP contribution in [0.15, 0.2) is 54.7 Å². The Labute approximate surface area is 158 Å². The van der Waals surface area contributed by atoms with Crippen LogP contribution in [0.4, 0.5) is 5.82 Å². The lowest BCUT2D eigenvalue weighted by atomic mass is 10.2. The summed E-state index contributed by atoms with van der Waals surface area (Å²) >= 11 is 0. The van der Waals surface area contributed by atoms with Crippen molar-refractivity contribution in [3.63, 3.8) is 0 Å². The van der Waals surface area contributed by atoms with Crippen LogP contribution in [0.25, 0.3) is 10.9 Å². The molecule has 3 heterocycles. The highest BCUT2D eigenvalue weighted by Gasteiger charge is 2.21. The minimum Gasteiger partial charge on any atom is -0.391 e. The molecule has 6 heteroatoms. The highest BCUT2D eigenvalue weighted by Crippen LogP contribution is 2.19. The molecule has 0 radical (unpaired) electrons.